The first-order valence-corrected chi connectivity index (χ1v) is 13.1. The van der Waals surface area contributed by atoms with Crippen molar-refractivity contribution in [3.63, 3.8) is 0 Å². The van der Waals surface area contributed by atoms with E-state index in [1.165, 1.54) is 23.9 Å². The number of aromatic nitrogens is 1. The maximum atomic E-state index is 13.2. The molecule has 1 N–H and O–H groups in total. The fraction of sp³-hybridized carbons (Fsp3) is 0.107. The van der Waals surface area contributed by atoms with Crippen molar-refractivity contribution in [2.45, 2.75) is 13.5 Å². The smallest absolute Gasteiger partial charge is 0.335 e. The third-order valence-electron chi connectivity index (χ3n) is 5.97. The van der Waals surface area contributed by atoms with Crippen LogP contribution in [0.5, 0.6) is 0 Å². The van der Waals surface area contributed by atoms with Gasteiger partial charge in [0, 0.05) is 35.8 Å². The van der Waals surface area contributed by atoms with Gasteiger partial charge >= 0.3 is 5.97 Å². The predicted molar refractivity (Wildman–Crippen MR) is 151 cm³/mol. The van der Waals surface area contributed by atoms with Crippen molar-refractivity contribution in [3.05, 3.63) is 105 Å². The van der Waals surface area contributed by atoms with E-state index in [0.717, 1.165) is 22.0 Å². The first-order valence-electron chi connectivity index (χ1n) is 11.5. The lowest BCUT2D eigenvalue weighted by atomic mass is 10.1. The number of aliphatic imine (C=N–C) groups is 1. The number of aromatic carboxylic acids is 1. The second-order valence-corrected chi connectivity index (χ2v) is 10.2. The Morgan fingerprint density at radius 1 is 1.05 bits per heavy atom. The Balaban J connectivity index is 1.51. The van der Waals surface area contributed by atoms with Crippen LogP contribution in [0.3, 0.4) is 0 Å². The van der Waals surface area contributed by atoms with E-state index >= 15 is 0 Å². The minimum Gasteiger partial charge on any atom is -0.478 e. The number of benzene rings is 3. The molecule has 4 aromatic rings. The Hall–Kier alpha value is -3.52. The molecule has 37 heavy (non-hydrogen) atoms. The van der Waals surface area contributed by atoms with Crippen molar-refractivity contribution < 1.29 is 14.7 Å². The molecular weight excluding hydrogens is 529 g/mol. The molecule has 0 atom stereocenters. The van der Waals surface area contributed by atoms with Crippen LogP contribution in [0.4, 0.5) is 5.69 Å². The molecule has 3 aromatic carbocycles. The average molecular weight is 550 g/mol. The number of carbonyl (C=O) groups excluding carboxylic acids is 1. The molecule has 0 unspecified atom stereocenters. The standard InChI is InChI=1S/C28H21Cl2N3O3S/c1-2-33-26(34)25(37-28(33)31-20-7-5-6-18(13-20)27(35)36)14-19-16-32(24-9-4-3-8-21(19)24)15-17-10-11-22(29)23(30)12-17/h3-14,16H,2,15H2,1H3,(H,35,36)/b25-14+,31-28?. The number of carboxylic acids is 1. The zero-order chi connectivity index (χ0) is 26.1. The Labute approximate surface area is 227 Å². The number of para-hydroxylation sites is 1. The topological polar surface area (TPSA) is 74.9 Å². The van der Waals surface area contributed by atoms with Crippen molar-refractivity contribution in [3.8, 4) is 0 Å². The number of likely N-dealkylation sites (N-methyl/N-ethyl adjacent to an activating group) is 1. The number of fused-ring (bicyclic) bond motifs is 1. The monoisotopic (exact) mass is 549 g/mol. The van der Waals surface area contributed by atoms with Crippen LogP contribution in [0.25, 0.3) is 17.0 Å². The molecule has 1 fully saturated rings. The second kappa shape index (κ2) is 10.5. The minimum absolute atomic E-state index is 0.137. The summed E-state index contributed by atoms with van der Waals surface area (Å²) < 4.78 is 2.12. The molecule has 6 nitrogen and oxygen atoms in total. The molecule has 1 aromatic heterocycles. The van der Waals surface area contributed by atoms with E-state index in [1.54, 1.807) is 23.1 Å². The third-order valence-corrected chi connectivity index (χ3v) is 7.71. The highest BCUT2D eigenvalue weighted by molar-refractivity contribution is 8.18. The molecule has 0 saturated carbocycles. The van der Waals surface area contributed by atoms with Gasteiger partial charge in [0.25, 0.3) is 5.91 Å². The van der Waals surface area contributed by atoms with Gasteiger partial charge in [-0.15, -0.1) is 0 Å². The minimum atomic E-state index is -1.03. The first kappa shape index (κ1) is 25.1. The highest BCUT2D eigenvalue weighted by Gasteiger charge is 2.32. The van der Waals surface area contributed by atoms with Gasteiger partial charge in [-0.3, -0.25) is 9.69 Å². The number of hydrogen-bond donors (Lipinski definition) is 1. The molecule has 186 valence electrons. The molecule has 0 bridgehead atoms. The van der Waals surface area contributed by atoms with E-state index in [0.29, 0.717) is 38.9 Å². The van der Waals surface area contributed by atoms with Gasteiger partial charge < -0.3 is 9.67 Å². The number of carboxylic acid groups (broad SMARTS) is 1. The highest BCUT2D eigenvalue weighted by Crippen LogP contribution is 2.36. The quantitative estimate of drug-likeness (QED) is 0.255. The highest BCUT2D eigenvalue weighted by atomic mass is 35.5. The van der Waals surface area contributed by atoms with Gasteiger partial charge in [-0.2, -0.15) is 0 Å². The summed E-state index contributed by atoms with van der Waals surface area (Å²) in [5.74, 6) is -1.16. The Morgan fingerprint density at radius 2 is 1.86 bits per heavy atom. The Morgan fingerprint density at radius 3 is 2.62 bits per heavy atom. The summed E-state index contributed by atoms with van der Waals surface area (Å²) in [5.41, 5.74) is 3.58. The number of thioether (sulfide) groups is 1. The Bertz CT molecular complexity index is 1610. The summed E-state index contributed by atoms with van der Waals surface area (Å²) in [5, 5.41) is 11.8. The molecule has 9 heteroatoms. The van der Waals surface area contributed by atoms with E-state index in [9.17, 15) is 14.7 Å². The normalized spacial score (nSPS) is 15.9. The van der Waals surface area contributed by atoms with Crippen LogP contribution >= 0.6 is 35.0 Å². The van der Waals surface area contributed by atoms with Crippen LogP contribution in [0.2, 0.25) is 10.0 Å². The summed E-state index contributed by atoms with van der Waals surface area (Å²) >= 11 is 13.6. The van der Waals surface area contributed by atoms with Gasteiger partial charge in [-0.05, 0) is 66.7 Å². The lowest BCUT2D eigenvalue weighted by Crippen LogP contribution is -2.28. The van der Waals surface area contributed by atoms with Crippen molar-refractivity contribution >= 4 is 74.7 Å². The number of halogens is 2. The molecule has 1 amide bonds. The van der Waals surface area contributed by atoms with Crippen molar-refractivity contribution in [2.75, 3.05) is 6.54 Å². The van der Waals surface area contributed by atoms with Gasteiger partial charge in [0.05, 0.1) is 26.2 Å². The number of rotatable bonds is 6. The van der Waals surface area contributed by atoms with Crippen LogP contribution in [0.1, 0.15) is 28.4 Å². The molecule has 1 aliphatic heterocycles. The van der Waals surface area contributed by atoms with Gasteiger partial charge in [0.15, 0.2) is 5.17 Å². The summed E-state index contributed by atoms with van der Waals surface area (Å²) in [6.45, 7) is 2.92. The molecule has 1 aliphatic rings. The third kappa shape index (κ3) is 5.16. The zero-order valence-electron chi connectivity index (χ0n) is 19.7. The van der Waals surface area contributed by atoms with Gasteiger partial charge in [-0.25, -0.2) is 9.79 Å². The molecule has 0 aliphatic carbocycles. The predicted octanol–water partition coefficient (Wildman–Crippen LogP) is 7.32. The maximum absolute atomic E-state index is 13.2. The van der Waals surface area contributed by atoms with Crippen LogP contribution in [-0.4, -0.2) is 38.2 Å². The van der Waals surface area contributed by atoms with Crippen LogP contribution in [0.15, 0.2) is 82.8 Å². The summed E-state index contributed by atoms with van der Waals surface area (Å²) in [6.07, 6.45) is 3.91. The number of amidine groups is 1. The fourth-order valence-electron chi connectivity index (χ4n) is 4.19. The van der Waals surface area contributed by atoms with Gasteiger partial charge in [0.1, 0.15) is 0 Å². The van der Waals surface area contributed by atoms with Crippen LogP contribution in [0, 0.1) is 0 Å². The summed E-state index contributed by atoms with van der Waals surface area (Å²) in [7, 11) is 0. The zero-order valence-corrected chi connectivity index (χ0v) is 22.0. The van der Waals surface area contributed by atoms with E-state index in [-0.39, 0.29) is 11.5 Å². The van der Waals surface area contributed by atoms with Crippen molar-refractivity contribution in [1.29, 1.82) is 0 Å². The number of hydrogen-bond acceptors (Lipinski definition) is 4. The first-order chi connectivity index (χ1) is 17.8. The molecule has 2 heterocycles. The van der Waals surface area contributed by atoms with Gasteiger partial charge in [0.2, 0.25) is 0 Å². The van der Waals surface area contributed by atoms with Crippen LogP contribution < -0.4 is 0 Å². The summed E-state index contributed by atoms with van der Waals surface area (Å²) in [6, 6.07) is 20.0. The van der Waals surface area contributed by atoms with Crippen molar-refractivity contribution in [1.82, 2.24) is 9.47 Å². The Kier molecular flexibility index (Phi) is 7.11. The molecule has 0 radical (unpaired) electrons. The van der Waals surface area contributed by atoms with Crippen molar-refractivity contribution in [2.24, 2.45) is 4.99 Å². The molecular formula is C28H21Cl2N3O3S. The number of nitrogens with zero attached hydrogens (tertiary/aromatic N) is 3. The second-order valence-electron chi connectivity index (χ2n) is 8.39. The van der Waals surface area contributed by atoms with E-state index < -0.39 is 5.97 Å². The van der Waals surface area contributed by atoms with E-state index in [1.807, 2.05) is 55.6 Å². The summed E-state index contributed by atoms with van der Waals surface area (Å²) in [4.78, 5) is 31.3. The lowest BCUT2D eigenvalue weighted by Gasteiger charge is -2.12. The average Bonchev–Trinajstić information content (AvgIpc) is 3.38. The van der Waals surface area contributed by atoms with E-state index in [2.05, 4.69) is 9.56 Å². The lowest BCUT2D eigenvalue weighted by molar-refractivity contribution is -0.122. The van der Waals surface area contributed by atoms with E-state index in [4.69, 9.17) is 23.2 Å². The number of carbonyl (C=O) groups is 2. The molecule has 1 saturated heterocycles. The molecule has 0 spiro atoms. The SMILES string of the molecule is CCN1C(=O)/C(=C\c2cn(Cc3ccc(Cl)c(Cl)c3)c3ccccc23)SC1=Nc1cccc(C(=O)O)c1. The number of amides is 1. The maximum Gasteiger partial charge on any atom is 0.335 e. The molecule has 5 rings (SSSR count). The van der Waals surface area contributed by atoms with Gasteiger partial charge in [-0.1, -0.05) is 53.5 Å². The van der Waals surface area contributed by atoms with Crippen LogP contribution in [-0.2, 0) is 11.3 Å². The largest absolute Gasteiger partial charge is 0.478 e. The fourth-order valence-corrected chi connectivity index (χ4v) is 5.56.